The Labute approximate surface area is 146 Å². The molecule has 1 aliphatic carbocycles. The van der Waals surface area contributed by atoms with Crippen molar-refractivity contribution in [3.05, 3.63) is 32.2 Å². The molecule has 7 heteroatoms. The maximum atomic E-state index is 13.0. The van der Waals surface area contributed by atoms with Crippen LogP contribution >= 0.6 is 31.9 Å². The number of hydrogen-bond acceptors (Lipinski definition) is 2. The Hall–Kier alpha value is -0.660. The molecule has 2 aliphatic rings. The van der Waals surface area contributed by atoms with E-state index < -0.39 is 0 Å². The van der Waals surface area contributed by atoms with Crippen LogP contribution in [0, 0.1) is 0 Å². The molecule has 1 fully saturated rings. The third-order valence-corrected chi connectivity index (χ3v) is 5.95. The maximum absolute atomic E-state index is 13.0. The second-order valence-corrected chi connectivity index (χ2v) is 7.30. The van der Waals surface area contributed by atoms with Gasteiger partial charge in [-0.25, -0.2) is 4.39 Å². The van der Waals surface area contributed by atoms with Crippen LogP contribution < -0.4 is 5.32 Å². The van der Waals surface area contributed by atoms with Crippen LogP contribution in [-0.4, -0.2) is 41.6 Å². The van der Waals surface area contributed by atoms with E-state index in [2.05, 4.69) is 37.2 Å². The van der Waals surface area contributed by atoms with Gasteiger partial charge in [0, 0.05) is 31.2 Å². The molecular weight excluding hydrogens is 417 g/mol. The lowest BCUT2D eigenvalue weighted by Crippen LogP contribution is -2.38. The van der Waals surface area contributed by atoms with Gasteiger partial charge in [0.15, 0.2) is 0 Å². The Morgan fingerprint density at radius 3 is 2.73 bits per heavy atom. The second kappa shape index (κ2) is 6.45. The first kappa shape index (κ1) is 16.2. The monoisotopic (exact) mass is 433 g/mol. The normalized spacial score (nSPS) is 18.8. The minimum Gasteiger partial charge on any atom is -0.335 e. The quantitative estimate of drug-likeness (QED) is 0.772. The molecule has 1 amide bonds. The zero-order chi connectivity index (χ0) is 15.9. The van der Waals surface area contributed by atoms with E-state index >= 15 is 0 Å². The molecule has 1 aromatic rings. The number of nitrogens with one attached hydrogen (secondary N) is 1. The van der Waals surface area contributed by atoms with Crippen LogP contribution in [0.25, 0.3) is 0 Å². The van der Waals surface area contributed by atoms with Crippen LogP contribution in [0.5, 0.6) is 0 Å². The third kappa shape index (κ3) is 2.78. The predicted octanol–water partition coefficient (Wildman–Crippen LogP) is 3.25. The molecule has 0 radical (unpaired) electrons. The fourth-order valence-electron chi connectivity index (χ4n) is 2.97. The van der Waals surface area contributed by atoms with Crippen molar-refractivity contribution >= 4 is 37.8 Å². The predicted molar refractivity (Wildman–Crippen MR) is 90.7 cm³/mol. The highest BCUT2D eigenvalue weighted by Gasteiger charge is 2.39. The Balaban J connectivity index is 1.94. The number of fused-ring (bicyclic) bond motifs is 1. The van der Waals surface area contributed by atoms with Gasteiger partial charge in [-0.05, 0) is 63.7 Å². The molecule has 0 bridgehead atoms. The first-order valence-corrected chi connectivity index (χ1v) is 8.97. The van der Waals surface area contributed by atoms with Gasteiger partial charge in [0.1, 0.15) is 0 Å². The van der Waals surface area contributed by atoms with Crippen molar-refractivity contribution in [2.45, 2.75) is 31.8 Å². The number of nitrogens with zero attached hydrogens (tertiary/aromatic N) is 2. The molecule has 0 atom stereocenters. The molecule has 0 unspecified atom stereocenters. The number of halogens is 3. The van der Waals surface area contributed by atoms with E-state index in [1.807, 2.05) is 9.47 Å². The molecule has 1 N–H and O–H groups in total. The van der Waals surface area contributed by atoms with Gasteiger partial charge in [-0.1, -0.05) is 0 Å². The molecule has 0 aromatic carbocycles. The zero-order valence-corrected chi connectivity index (χ0v) is 15.5. The van der Waals surface area contributed by atoms with Gasteiger partial charge in [0.2, 0.25) is 0 Å². The van der Waals surface area contributed by atoms with Crippen LogP contribution in [-0.2, 0) is 13.0 Å². The minimum atomic E-state index is 0.0921. The fourth-order valence-corrected chi connectivity index (χ4v) is 4.62. The number of hydrogen-bond donors (Lipinski definition) is 1. The average Bonchev–Trinajstić information content (AvgIpc) is 3.31. The van der Waals surface area contributed by atoms with Gasteiger partial charge in [-0.15, -0.1) is 0 Å². The summed E-state index contributed by atoms with van der Waals surface area (Å²) in [4.78, 5) is 14.7. The van der Waals surface area contributed by atoms with Crippen molar-refractivity contribution in [2.75, 3.05) is 20.1 Å². The third-order valence-electron chi connectivity index (χ3n) is 4.22. The standard InChI is InChI=1S/C15H18Br2FN3O/c1-19-7-9(6-18)8-21-13(16)11-4-5-20(10-2-3-10)15(22)12(11)14(21)17/h6,10,19H,2-5,7-8H2,1H3/b9-6+. The lowest BCUT2D eigenvalue weighted by molar-refractivity contribution is 0.0726. The van der Waals surface area contributed by atoms with Crippen LogP contribution in [0.1, 0.15) is 28.8 Å². The van der Waals surface area contributed by atoms with Crippen molar-refractivity contribution in [1.82, 2.24) is 14.8 Å². The molecule has 120 valence electrons. The summed E-state index contributed by atoms with van der Waals surface area (Å²) in [6.07, 6.45) is 3.69. The topological polar surface area (TPSA) is 37.3 Å². The van der Waals surface area contributed by atoms with Crippen LogP contribution in [0.3, 0.4) is 0 Å². The highest BCUT2D eigenvalue weighted by Crippen LogP contribution is 2.39. The number of carbonyl (C=O) groups excluding carboxylic acids is 1. The molecule has 1 saturated carbocycles. The molecule has 2 heterocycles. The van der Waals surface area contributed by atoms with Crippen LogP contribution in [0.2, 0.25) is 0 Å². The van der Waals surface area contributed by atoms with Crippen molar-refractivity contribution < 1.29 is 9.18 Å². The summed E-state index contributed by atoms with van der Waals surface area (Å²) >= 11 is 7.14. The van der Waals surface area contributed by atoms with Gasteiger partial charge < -0.3 is 14.8 Å². The van der Waals surface area contributed by atoms with E-state index in [-0.39, 0.29) is 5.91 Å². The van der Waals surface area contributed by atoms with E-state index in [4.69, 9.17) is 0 Å². The molecule has 3 rings (SSSR count). The van der Waals surface area contributed by atoms with Crippen LogP contribution in [0.4, 0.5) is 4.39 Å². The SMILES string of the molecule is CNC/C(=C\F)Cn1c(Br)c2c(c1Br)C(=O)N(C1CC1)CC2. The highest BCUT2D eigenvalue weighted by molar-refractivity contribution is 9.11. The highest BCUT2D eigenvalue weighted by atomic mass is 79.9. The Bertz CT molecular complexity index is 637. The van der Waals surface area contributed by atoms with E-state index in [1.165, 1.54) is 0 Å². The van der Waals surface area contributed by atoms with E-state index in [9.17, 15) is 9.18 Å². The van der Waals surface area contributed by atoms with Gasteiger partial charge >= 0.3 is 0 Å². The molecular formula is C15H18Br2FN3O. The summed E-state index contributed by atoms with van der Waals surface area (Å²) < 4.78 is 16.5. The first-order chi connectivity index (χ1) is 10.6. The largest absolute Gasteiger partial charge is 0.335 e. The number of amides is 1. The number of carbonyl (C=O) groups is 1. The number of aromatic nitrogens is 1. The molecule has 1 aliphatic heterocycles. The van der Waals surface area contributed by atoms with Crippen molar-refractivity contribution in [3.63, 3.8) is 0 Å². The summed E-state index contributed by atoms with van der Waals surface area (Å²) in [7, 11) is 1.78. The van der Waals surface area contributed by atoms with E-state index in [1.54, 1.807) is 7.05 Å². The van der Waals surface area contributed by atoms with Crippen molar-refractivity contribution in [1.29, 1.82) is 0 Å². The summed E-state index contributed by atoms with van der Waals surface area (Å²) in [5, 5.41) is 2.95. The van der Waals surface area contributed by atoms with Gasteiger partial charge in [0.05, 0.1) is 21.1 Å². The summed E-state index contributed by atoms with van der Waals surface area (Å²) in [5.74, 6) is 0.0921. The van der Waals surface area contributed by atoms with Crippen molar-refractivity contribution in [3.8, 4) is 0 Å². The molecule has 0 saturated heterocycles. The van der Waals surface area contributed by atoms with Gasteiger partial charge in [-0.2, -0.15) is 0 Å². The molecule has 22 heavy (non-hydrogen) atoms. The lowest BCUT2D eigenvalue weighted by Gasteiger charge is -2.27. The van der Waals surface area contributed by atoms with Gasteiger partial charge in [0.25, 0.3) is 5.91 Å². The molecule has 1 aromatic heterocycles. The Morgan fingerprint density at radius 2 is 2.14 bits per heavy atom. The summed E-state index contributed by atoms with van der Waals surface area (Å²) in [6, 6.07) is 0.417. The zero-order valence-electron chi connectivity index (χ0n) is 12.3. The molecule has 4 nitrogen and oxygen atoms in total. The number of likely N-dealkylation sites (N-methyl/N-ethyl adjacent to an activating group) is 1. The lowest BCUT2D eigenvalue weighted by atomic mass is 10.0. The summed E-state index contributed by atoms with van der Waals surface area (Å²) in [5.41, 5.74) is 2.38. The second-order valence-electron chi connectivity index (χ2n) is 5.80. The first-order valence-electron chi connectivity index (χ1n) is 7.38. The van der Waals surface area contributed by atoms with E-state index in [0.717, 1.165) is 46.1 Å². The Kier molecular flexibility index (Phi) is 4.75. The van der Waals surface area contributed by atoms with Crippen LogP contribution in [0.15, 0.2) is 21.1 Å². The minimum absolute atomic E-state index is 0.0921. The smallest absolute Gasteiger partial charge is 0.257 e. The number of rotatable bonds is 5. The maximum Gasteiger partial charge on any atom is 0.257 e. The summed E-state index contributed by atoms with van der Waals surface area (Å²) in [6.45, 7) is 1.65. The molecule has 0 spiro atoms. The van der Waals surface area contributed by atoms with E-state index in [0.29, 0.717) is 31.0 Å². The van der Waals surface area contributed by atoms with Crippen molar-refractivity contribution in [2.24, 2.45) is 0 Å². The Morgan fingerprint density at radius 1 is 1.41 bits per heavy atom. The average molecular weight is 435 g/mol. The van der Waals surface area contributed by atoms with Gasteiger partial charge in [-0.3, -0.25) is 4.79 Å². The fraction of sp³-hybridized carbons (Fsp3) is 0.533.